The number of aryl methyl sites for hydroxylation is 1. The number of nitrogens with one attached hydrogen (secondary N) is 3. The number of anilines is 1. The molecule has 0 aromatic carbocycles. The predicted octanol–water partition coefficient (Wildman–Crippen LogP) is 6.24. The van der Waals surface area contributed by atoms with E-state index >= 15 is 0 Å². The third-order valence-electron chi connectivity index (χ3n) is 5.08. The molecule has 1 aromatic heterocycles. The molecule has 0 radical (unpaired) electrons. The number of urea groups is 1. The average Bonchev–Trinajstić information content (AvgIpc) is 2.69. The Bertz CT molecular complexity index is 655. The Morgan fingerprint density at radius 3 is 2.10 bits per heavy atom. The average molecular weight is 419 g/mol. The van der Waals surface area contributed by atoms with Crippen LogP contribution in [0.2, 0.25) is 0 Å². The summed E-state index contributed by atoms with van der Waals surface area (Å²) in [6.45, 7) is 4.60. The van der Waals surface area contributed by atoms with Crippen LogP contribution in [0, 0.1) is 6.92 Å². The van der Waals surface area contributed by atoms with Crippen molar-refractivity contribution in [3.63, 3.8) is 0 Å². The van der Waals surface area contributed by atoms with Crippen molar-refractivity contribution >= 4 is 12.0 Å². The minimum absolute atomic E-state index is 0.179. The van der Waals surface area contributed by atoms with Crippen molar-refractivity contribution in [1.29, 1.82) is 0 Å². The van der Waals surface area contributed by atoms with Gasteiger partial charge >= 0.3 is 6.03 Å². The van der Waals surface area contributed by atoms with Gasteiger partial charge < -0.3 is 5.32 Å². The molecular formula is C24H42N4O2. The molecule has 2 amide bonds. The van der Waals surface area contributed by atoms with Crippen LogP contribution >= 0.6 is 0 Å². The first kappa shape index (κ1) is 25.9. The van der Waals surface area contributed by atoms with Crippen LogP contribution in [0.4, 0.5) is 10.7 Å². The summed E-state index contributed by atoms with van der Waals surface area (Å²) in [5.41, 5.74) is 0.299. The number of nitrogens with zero attached hydrogens (tertiary/aromatic N) is 1. The van der Waals surface area contributed by atoms with Crippen LogP contribution in [0.25, 0.3) is 0 Å². The first-order valence-corrected chi connectivity index (χ1v) is 11.9. The van der Waals surface area contributed by atoms with Crippen LogP contribution in [0.15, 0.2) is 23.0 Å². The van der Waals surface area contributed by atoms with Crippen molar-refractivity contribution in [2.75, 3.05) is 11.9 Å². The van der Waals surface area contributed by atoms with Crippen LogP contribution in [-0.4, -0.2) is 22.5 Å². The molecule has 1 rings (SSSR count). The monoisotopic (exact) mass is 418 g/mol. The van der Waals surface area contributed by atoms with Crippen molar-refractivity contribution in [1.82, 2.24) is 15.3 Å². The van der Waals surface area contributed by atoms with Gasteiger partial charge in [-0.05, 0) is 39.0 Å². The summed E-state index contributed by atoms with van der Waals surface area (Å²) < 4.78 is 0. The summed E-state index contributed by atoms with van der Waals surface area (Å²) in [5, 5.41) is 5.35. The topological polar surface area (TPSA) is 86.9 Å². The van der Waals surface area contributed by atoms with Crippen LogP contribution < -0.4 is 16.2 Å². The summed E-state index contributed by atoms with van der Waals surface area (Å²) in [7, 11) is 0. The maximum Gasteiger partial charge on any atom is 0.321 e. The zero-order valence-corrected chi connectivity index (χ0v) is 19.1. The van der Waals surface area contributed by atoms with E-state index in [0.29, 0.717) is 12.2 Å². The lowest BCUT2D eigenvalue weighted by Crippen LogP contribution is -2.31. The molecule has 0 aliphatic rings. The van der Waals surface area contributed by atoms with Crippen molar-refractivity contribution < 1.29 is 4.79 Å². The summed E-state index contributed by atoms with van der Waals surface area (Å²) in [6, 6.07) is 1.05. The lowest BCUT2D eigenvalue weighted by molar-refractivity contribution is 0.251. The van der Waals surface area contributed by atoms with E-state index in [4.69, 9.17) is 0 Å². The quantitative estimate of drug-likeness (QED) is 0.207. The number of aromatic nitrogens is 2. The molecule has 6 nitrogen and oxygen atoms in total. The summed E-state index contributed by atoms with van der Waals surface area (Å²) in [6.07, 6.45) is 22.5. The zero-order chi connectivity index (χ0) is 21.9. The molecule has 0 spiro atoms. The first-order valence-electron chi connectivity index (χ1n) is 11.9. The van der Waals surface area contributed by atoms with Crippen molar-refractivity contribution in [3.05, 3.63) is 34.3 Å². The van der Waals surface area contributed by atoms with E-state index in [9.17, 15) is 9.59 Å². The predicted molar refractivity (Wildman–Crippen MR) is 126 cm³/mol. The van der Waals surface area contributed by atoms with Gasteiger partial charge in [0.15, 0.2) is 0 Å². The molecular weight excluding hydrogens is 376 g/mol. The minimum Gasteiger partial charge on any atom is -0.338 e. The van der Waals surface area contributed by atoms with Crippen LogP contribution in [0.1, 0.15) is 103 Å². The fraction of sp³-hybridized carbons (Fsp3) is 0.708. The molecule has 0 aliphatic heterocycles. The molecule has 0 saturated carbocycles. The van der Waals surface area contributed by atoms with Gasteiger partial charge in [-0.1, -0.05) is 76.9 Å². The fourth-order valence-corrected chi connectivity index (χ4v) is 3.36. The largest absolute Gasteiger partial charge is 0.338 e. The number of allylic oxidation sites excluding steroid dienone is 2. The van der Waals surface area contributed by atoms with E-state index < -0.39 is 0 Å². The Morgan fingerprint density at radius 1 is 0.933 bits per heavy atom. The number of hydrogen-bond donors (Lipinski definition) is 3. The molecule has 6 heteroatoms. The van der Waals surface area contributed by atoms with Crippen molar-refractivity contribution in [3.8, 4) is 0 Å². The normalized spacial score (nSPS) is 11.1. The number of H-pyrrole nitrogens is 1. The summed E-state index contributed by atoms with van der Waals surface area (Å²) in [4.78, 5) is 29.7. The van der Waals surface area contributed by atoms with Gasteiger partial charge in [0, 0.05) is 18.3 Å². The highest BCUT2D eigenvalue weighted by Crippen LogP contribution is 2.09. The third-order valence-corrected chi connectivity index (χ3v) is 5.08. The van der Waals surface area contributed by atoms with Gasteiger partial charge in [-0.2, -0.15) is 0 Å². The fourth-order valence-electron chi connectivity index (χ4n) is 3.36. The van der Waals surface area contributed by atoms with Gasteiger partial charge in [-0.25, -0.2) is 9.78 Å². The Kier molecular flexibility index (Phi) is 15.3. The van der Waals surface area contributed by atoms with Gasteiger partial charge in [0.05, 0.1) is 0 Å². The van der Waals surface area contributed by atoms with Gasteiger partial charge in [0.25, 0.3) is 5.56 Å². The molecule has 0 saturated heterocycles. The second-order valence-corrected chi connectivity index (χ2v) is 8.05. The van der Waals surface area contributed by atoms with E-state index in [1.807, 2.05) is 0 Å². The van der Waals surface area contributed by atoms with Gasteiger partial charge in [0.2, 0.25) is 5.95 Å². The smallest absolute Gasteiger partial charge is 0.321 e. The number of aromatic amines is 1. The lowest BCUT2D eigenvalue weighted by Gasteiger charge is -2.07. The van der Waals surface area contributed by atoms with E-state index in [2.05, 4.69) is 39.7 Å². The van der Waals surface area contributed by atoms with Crippen molar-refractivity contribution in [2.45, 2.75) is 104 Å². The number of hydrogen-bond acceptors (Lipinski definition) is 3. The summed E-state index contributed by atoms with van der Waals surface area (Å²) in [5.74, 6) is 0.179. The molecule has 0 fully saturated rings. The van der Waals surface area contributed by atoms with Crippen LogP contribution in [0.3, 0.4) is 0 Å². The minimum atomic E-state index is -0.337. The second-order valence-electron chi connectivity index (χ2n) is 8.05. The first-order chi connectivity index (χ1) is 14.6. The Balaban J connectivity index is 1.87. The maximum absolute atomic E-state index is 11.8. The van der Waals surface area contributed by atoms with E-state index in [-0.39, 0.29) is 17.5 Å². The van der Waals surface area contributed by atoms with E-state index in [1.165, 1.54) is 83.1 Å². The molecule has 170 valence electrons. The number of carbonyl (C=O) groups excluding carboxylic acids is 1. The van der Waals surface area contributed by atoms with Gasteiger partial charge in [0.1, 0.15) is 0 Å². The Morgan fingerprint density at radius 2 is 1.50 bits per heavy atom. The highest BCUT2D eigenvalue weighted by molar-refractivity contribution is 5.87. The zero-order valence-electron chi connectivity index (χ0n) is 19.1. The van der Waals surface area contributed by atoms with Gasteiger partial charge in [-0.3, -0.25) is 15.1 Å². The van der Waals surface area contributed by atoms with Crippen LogP contribution in [0.5, 0.6) is 0 Å². The Hall–Kier alpha value is -2.11. The molecule has 1 heterocycles. The van der Waals surface area contributed by atoms with Crippen molar-refractivity contribution in [2.24, 2.45) is 0 Å². The maximum atomic E-state index is 11.8. The Labute approximate surface area is 182 Å². The summed E-state index contributed by atoms with van der Waals surface area (Å²) >= 11 is 0. The molecule has 0 aliphatic carbocycles. The molecule has 1 aromatic rings. The molecule has 0 atom stereocenters. The number of unbranched alkanes of at least 4 members (excludes halogenated alkanes) is 12. The number of rotatable bonds is 17. The molecule has 30 heavy (non-hydrogen) atoms. The standard InChI is InChI=1S/C24H42N4O2/c1-3-4-5-6-7-8-9-10-11-12-13-14-15-16-17-18-19-25-24(30)28-23-26-21(2)20-22(29)27-23/h10-11,20H,3-9,12-19H2,1-2H3,(H3,25,26,27,28,29,30)/b11-10-. The highest BCUT2D eigenvalue weighted by atomic mass is 16.2. The molecule has 0 unspecified atom stereocenters. The molecule has 0 bridgehead atoms. The SMILES string of the molecule is CCCCCCCC/C=C\CCCCCCCCNC(=O)Nc1nc(C)cc(=O)[nH]1. The third kappa shape index (κ3) is 14.8. The van der Waals surface area contributed by atoms with Gasteiger partial charge in [-0.15, -0.1) is 0 Å². The van der Waals surface area contributed by atoms with Crippen LogP contribution in [-0.2, 0) is 0 Å². The van der Waals surface area contributed by atoms with E-state index in [0.717, 1.165) is 12.8 Å². The number of carbonyl (C=O) groups is 1. The van der Waals surface area contributed by atoms with E-state index in [1.54, 1.807) is 6.92 Å². The number of amides is 2. The second kappa shape index (κ2) is 17.7. The molecule has 3 N–H and O–H groups in total. The highest BCUT2D eigenvalue weighted by Gasteiger charge is 2.03. The lowest BCUT2D eigenvalue weighted by atomic mass is 10.1.